The van der Waals surface area contributed by atoms with Gasteiger partial charge in [0.1, 0.15) is 5.75 Å². The molecule has 1 aromatic heterocycles. The van der Waals surface area contributed by atoms with Gasteiger partial charge in [0, 0.05) is 30.6 Å². The van der Waals surface area contributed by atoms with Gasteiger partial charge in [-0.25, -0.2) is 0 Å². The molecular formula is C23H23N3O3. The predicted octanol–water partition coefficient (Wildman–Crippen LogP) is 3.61. The Kier molecular flexibility index (Phi) is 5.16. The SMILES string of the molecule is COc1ccc2nc(C)c(C(=O)NCc3ccc(N4CCCC4=O)cc3)cc2c1. The van der Waals surface area contributed by atoms with Gasteiger partial charge in [0.15, 0.2) is 0 Å². The fourth-order valence-corrected chi connectivity index (χ4v) is 3.60. The third-order valence-electron chi connectivity index (χ3n) is 5.23. The molecule has 148 valence electrons. The molecular weight excluding hydrogens is 366 g/mol. The molecule has 1 aliphatic heterocycles. The van der Waals surface area contributed by atoms with Crippen molar-refractivity contribution in [3.63, 3.8) is 0 Å². The number of rotatable bonds is 5. The van der Waals surface area contributed by atoms with Gasteiger partial charge in [-0.15, -0.1) is 0 Å². The first kappa shape index (κ1) is 18.9. The summed E-state index contributed by atoms with van der Waals surface area (Å²) >= 11 is 0. The summed E-state index contributed by atoms with van der Waals surface area (Å²) in [5.74, 6) is 0.728. The lowest BCUT2D eigenvalue weighted by Gasteiger charge is -2.16. The molecule has 0 atom stereocenters. The van der Waals surface area contributed by atoms with Crippen LogP contribution in [-0.4, -0.2) is 30.5 Å². The molecule has 0 saturated carbocycles. The van der Waals surface area contributed by atoms with Crippen LogP contribution in [0, 0.1) is 6.92 Å². The number of fused-ring (bicyclic) bond motifs is 1. The zero-order chi connectivity index (χ0) is 20.4. The van der Waals surface area contributed by atoms with Crippen molar-refractivity contribution in [1.29, 1.82) is 0 Å². The highest BCUT2D eigenvalue weighted by atomic mass is 16.5. The summed E-state index contributed by atoms with van der Waals surface area (Å²) < 4.78 is 5.26. The number of nitrogens with one attached hydrogen (secondary N) is 1. The molecule has 4 rings (SSSR count). The number of pyridine rings is 1. The van der Waals surface area contributed by atoms with E-state index in [1.807, 2.05) is 55.5 Å². The Labute approximate surface area is 169 Å². The van der Waals surface area contributed by atoms with Crippen LogP contribution in [0.1, 0.15) is 34.5 Å². The van der Waals surface area contributed by atoms with Crippen LogP contribution >= 0.6 is 0 Å². The van der Waals surface area contributed by atoms with Crippen LogP contribution in [0.4, 0.5) is 5.69 Å². The molecule has 2 aromatic carbocycles. The van der Waals surface area contributed by atoms with Crippen LogP contribution in [-0.2, 0) is 11.3 Å². The molecule has 0 spiro atoms. The second-order valence-corrected chi connectivity index (χ2v) is 7.18. The van der Waals surface area contributed by atoms with Crippen molar-refractivity contribution in [2.45, 2.75) is 26.3 Å². The summed E-state index contributed by atoms with van der Waals surface area (Å²) in [5.41, 5.74) is 3.94. The number of benzene rings is 2. The van der Waals surface area contributed by atoms with Crippen molar-refractivity contribution >= 4 is 28.4 Å². The second kappa shape index (κ2) is 7.91. The van der Waals surface area contributed by atoms with E-state index in [2.05, 4.69) is 10.3 Å². The number of anilines is 1. The van der Waals surface area contributed by atoms with E-state index in [1.165, 1.54) is 0 Å². The van der Waals surface area contributed by atoms with E-state index in [4.69, 9.17) is 4.74 Å². The number of aryl methyl sites for hydroxylation is 1. The van der Waals surface area contributed by atoms with Crippen molar-refractivity contribution < 1.29 is 14.3 Å². The van der Waals surface area contributed by atoms with Crippen LogP contribution in [0.2, 0.25) is 0 Å². The average Bonchev–Trinajstić information content (AvgIpc) is 3.17. The topological polar surface area (TPSA) is 71.5 Å². The summed E-state index contributed by atoms with van der Waals surface area (Å²) in [6.07, 6.45) is 1.52. The van der Waals surface area contributed by atoms with E-state index in [0.717, 1.165) is 40.9 Å². The molecule has 0 unspecified atom stereocenters. The van der Waals surface area contributed by atoms with E-state index in [1.54, 1.807) is 12.0 Å². The number of hydrogen-bond acceptors (Lipinski definition) is 4. The first-order valence-corrected chi connectivity index (χ1v) is 9.68. The largest absolute Gasteiger partial charge is 0.497 e. The standard InChI is InChI=1S/C23H23N3O3/c1-15-20(13-17-12-19(29-2)9-10-21(17)25-15)23(28)24-14-16-5-7-18(8-6-16)26-11-3-4-22(26)27/h5-10,12-13H,3-4,11,14H2,1-2H3,(H,24,28). The van der Waals surface area contributed by atoms with E-state index in [0.29, 0.717) is 24.2 Å². The lowest BCUT2D eigenvalue weighted by atomic mass is 10.1. The molecule has 29 heavy (non-hydrogen) atoms. The first-order valence-electron chi connectivity index (χ1n) is 9.68. The van der Waals surface area contributed by atoms with Crippen LogP contribution < -0.4 is 15.0 Å². The van der Waals surface area contributed by atoms with Gasteiger partial charge in [0.05, 0.1) is 23.9 Å². The molecule has 0 aliphatic carbocycles. The molecule has 6 heteroatoms. The highest BCUT2D eigenvalue weighted by Crippen LogP contribution is 2.23. The van der Waals surface area contributed by atoms with Gasteiger partial charge >= 0.3 is 0 Å². The zero-order valence-corrected chi connectivity index (χ0v) is 16.6. The summed E-state index contributed by atoms with van der Waals surface area (Å²) in [6.45, 7) is 3.01. The molecule has 1 fully saturated rings. The molecule has 1 saturated heterocycles. The number of aromatic nitrogens is 1. The summed E-state index contributed by atoms with van der Waals surface area (Å²) in [7, 11) is 1.61. The molecule has 0 bridgehead atoms. The van der Waals surface area contributed by atoms with E-state index in [9.17, 15) is 9.59 Å². The predicted molar refractivity (Wildman–Crippen MR) is 112 cm³/mol. The van der Waals surface area contributed by atoms with Crippen LogP contribution in [0.25, 0.3) is 10.9 Å². The number of ether oxygens (including phenoxy) is 1. The highest BCUT2D eigenvalue weighted by molar-refractivity contribution is 5.99. The van der Waals surface area contributed by atoms with Gasteiger partial charge in [0.2, 0.25) is 5.91 Å². The Hall–Kier alpha value is -3.41. The van der Waals surface area contributed by atoms with Gasteiger partial charge in [-0.1, -0.05) is 12.1 Å². The van der Waals surface area contributed by atoms with Crippen molar-refractivity contribution in [2.75, 3.05) is 18.6 Å². The molecule has 2 amide bonds. The number of hydrogen-bond donors (Lipinski definition) is 1. The molecule has 1 N–H and O–H groups in total. The van der Waals surface area contributed by atoms with E-state index >= 15 is 0 Å². The minimum absolute atomic E-state index is 0.168. The van der Waals surface area contributed by atoms with Crippen molar-refractivity contribution in [3.05, 3.63) is 65.4 Å². The minimum Gasteiger partial charge on any atom is -0.497 e. The summed E-state index contributed by atoms with van der Waals surface area (Å²) in [6, 6.07) is 15.2. The van der Waals surface area contributed by atoms with Crippen molar-refractivity contribution in [1.82, 2.24) is 10.3 Å². The maximum Gasteiger partial charge on any atom is 0.253 e. The maximum atomic E-state index is 12.7. The molecule has 1 aliphatic rings. The molecule has 6 nitrogen and oxygen atoms in total. The third kappa shape index (κ3) is 3.92. The van der Waals surface area contributed by atoms with Gasteiger partial charge < -0.3 is 15.0 Å². The number of carbonyl (C=O) groups is 2. The van der Waals surface area contributed by atoms with Crippen LogP contribution in [0.3, 0.4) is 0 Å². The monoisotopic (exact) mass is 389 g/mol. The van der Waals surface area contributed by atoms with E-state index < -0.39 is 0 Å². The Bertz CT molecular complexity index is 1080. The quantitative estimate of drug-likeness (QED) is 0.724. The Morgan fingerprint density at radius 3 is 2.66 bits per heavy atom. The lowest BCUT2D eigenvalue weighted by Crippen LogP contribution is -2.25. The third-order valence-corrected chi connectivity index (χ3v) is 5.23. The maximum absolute atomic E-state index is 12.7. The second-order valence-electron chi connectivity index (χ2n) is 7.18. The van der Waals surface area contributed by atoms with Crippen LogP contribution in [0.15, 0.2) is 48.5 Å². The van der Waals surface area contributed by atoms with Crippen molar-refractivity contribution in [2.24, 2.45) is 0 Å². The summed E-state index contributed by atoms with van der Waals surface area (Å²) in [5, 5.41) is 3.82. The highest BCUT2D eigenvalue weighted by Gasteiger charge is 2.21. The Morgan fingerprint density at radius 2 is 1.97 bits per heavy atom. The normalized spacial score (nSPS) is 13.7. The minimum atomic E-state index is -0.168. The van der Waals surface area contributed by atoms with Gasteiger partial charge in [-0.05, 0) is 55.3 Å². The fraction of sp³-hybridized carbons (Fsp3) is 0.261. The Morgan fingerprint density at radius 1 is 1.17 bits per heavy atom. The average molecular weight is 389 g/mol. The van der Waals surface area contributed by atoms with Gasteiger partial charge in [-0.3, -0.25) is 14.6 Å². The summed E-state index contributed by atoms with van der Waals surface area (Å²) in [4.78, 5) is 30.9. The number of methoxy groups -OCH3 is 1. The smallest absolute Gasteiger partial charge is 0.253 e. The molecule has 2 heterocycles. The first-order chi connectivity index (χ1) is 14.0. The van der Waals surface area contributed by atoms with Gasteiger partial charge in [0.25, 0.3) is 5.91 Å². The molecule has 3 aromatic rings. The van der Waals surface area contributed by atoms with Crippen molar-refractivity contribution in [3.8, 4) is 5.75 Å². The number of carbonyl (C=O) groups excluding carboxylic acids is 2. The number of nitrogens with zero attached hydrogens (tertiary/aromatic N) is 2. The number of amides is 2. The Balaban J connectivity index is 1.46. The van der Waals surface area contributed by atoms with Gasteiger partial charge in [-0.2, -0.15) is 0 Å². The fourth-order valence-electron chi connectivity index (χ4n) is 3.60. The van der Waals surface area contributed by atoms with Crippen LogP contribution in [0.5, 0.6) is 5.75 Å². The molecule has 0 radical (unpaired) electrons. The lowest BCUT2D eigenvalue weighted by molar-refractivity contribution is -0.117. The zero-order valence-electron chi connectivity index (χ0n) is 16.6. The van der Waals surface area contributed by atoms with E-state index in [-0.39, 0.29) is 11.8 Å².